The summed E-state index contributed by atoms with van der Waals surface area (Å²) < 4.78 is 0. The Morgan fingerprint density at radius 1 is 1.05 bits per heavy atom. The van der Waals surface area contributed by atoms with E-state index >= 15 is 0 Å². The highest BCUT2D eigenvalue weighted by Crippen LogP contribution is 2.48. The van der Waals surface area contributed by atoms with E-state index in [2.05, 4.69) is 5.32 Å². The molecule has 1 aromatic rings. The van der Waals surface area contributed by atoms with Gasteiger partial charge < -0.3 is 10.4 Å². The molecule has 0 saturated heterocycles. The first-order valence-electron chi connectivity index (χ1n) is 7.71. The second-order valence-electron chi connectivity index (χ2n) is 5.76. The van der Waals surface area contributed by atoms with Crippen molar-refractivity contribution in [2.24, 2.45) is 0 Å². The molecule has 0 bridgehead atoms. The molecule has 21 heavy (non-hydrogen) atoms. The fourth-order valence-electron chi connectivity index (χ4n) is 2.65. The minimum absolute atomic E-state index is 0.138. The van der Waals surface area contributed by atoms with Crippen molar-refractivity contribution >= 4 is 11.9 Å². The molecular formula is C17H23NO3. The standard InChI is InChI=1S/C17H23NO3/c19-15(20)10-6-1-2-7-13-18-16(21)17(11-12-17)14-8-4-3-5-9-14/h3-5,8-9H,1-2,6-7,10-13H2,(H,18,21)(H,19,20). The SMILES string of the molecule is O=C(O)CCCCCCNC(=O)C1(c2ccccc2)CC1. The average molecular weight is 289 g/mol. The fraction of sp³-hybridized carbons (Fsp3) is 0.529. The third-order valence-corrected chi connectivity index (χ3v) is 4.11. The van der Waals surface area contributed by atoms with Gasteiger partial charge in [-0.25, -0.2) is 0 Å². The largest absolute Gasteiger partial charge is 0.481 e. The number of hydrogen-bond donors (Lipinski definition) is 2. The predicted octanol–water partition coefficient (Wildman–Crippen LogP) is 2.87. The summed E-state index contributed by atoms with van der Waals surface area (Å²) in [6, 6.07) is 9.97. The van der Waals surface area contributed by atoms with Crippen LogP contribution in [0.25, 0.3) is 0 Å². The summed E-state index contributed by atoms with van der Waals surface area (Å²) in [5, 5.41) is 11.6. The molecule has 0 unspecified atom stereocenters. The van der Waals surface area contributed by atoms with Crippen molar-refractivity contribution in [1.82, 2.24) is 5.32 Å². The zero-order chi connectivity index (χ0) is 15.1. The van der Waals surface area contributed by atoms with E-state index in [1.54, 1.807) is 0 Å². The number of benzene rings is 1. The maximum atomic E-state index is 12.3. The van der Waals surface area contributed by atoms with Crippen molar-refractivity contribution in [3.8, 4) is 0 Å². The summed E-state index contributed by atoms with van der Waals surface area (Å²) in [5.74, 6) is -0.596. The number of carbonyl (C=O) groups excluding carboxylic acids is 1. The van der Waals surface area contributed by atoms with Crippen molar-refractivity contribution in [2.75, 3.05) is 6.54 Å². The molecule has 0 radical (unpaired) electrons. The third-order valence-electron chi connectivity index (χ3n) is 4.11. The summed E-state index contributed by atoms with van der Waals surface area (Å²) in [5.41, 5.74) is 0.828. The second kappa shape index (κ2) is 7.25. The maximum Gasteiger partial charge on any atom is 0.303 e. The lowest BCUT2D eigenvalue weighted by Gasteiger charge is -2.15. The first-order valence-corrected chi connectivity index (χ1v) is 7.71. The Kier molecular flexibility index (Phi) is 5.37. The van der Waals surface area contributed by atoms with Crippen LogP contribution in [0.2, 0.25) is 0 Å². The lowest BCUT2D eigenvalue weighted by atomic mass is 9.95. The number of rotatable bonds is 9. The van der Waals surface area contributed by atoms with E-state index in [0.29, 0.717) is 6.54 Å². The quantitative estimate of drug-likeness (QED) is 0.687. The Balaban J connectivity index is 1.65. The van der Waals surface area contributed by atoms with Gasteiger partial charge in [0, 0.05) is 13.0 Å². The van der Waals surface area contributed by atoms with Crippen LogP contribution in [0.5, 0.6) is 0 Å². The Labute approximate surface area is 125 Å². The zero-order valence-corrected chi connectivity index (χ0v) is 12.3. The van der Waals surface area contributed by atoms with Crippen LogP contribution in [-0.4, -0.2) is 23.5 Å². The molecular weight excluding hydrogens is 266 g/mol. The molecule has 0 aliphatic heterocycles. The summed E-state index contributed by atoms with van der Waals surface area (Å²) in [4.78, 5) is 22.7. The van der Waals surface area contributed by atoms with E-state index in [9.17, 15) is 9.59 Å². The van der Waals surface area contributed by atoms with E-state index in [1.807, 2.05) is 30.3 Å². The normalized spacial score (nSPS) is 15.4. The molecule has 0 spiro atoms. The lowest BCUT2D eigenvalue weighted by molar-refractivity contribution is -0.137. The van der Waals surface area contributed by atoms with Crippen molar-refractivity contribution < 1.29 is 14.7 Å². The van der Waals surface area contributed by atoms with E-state index in [0.717, 1.165) is 44.1 Å². The van der Waals surface area contributed by atoms with Crippen molar-refractivity contribution in [2.45, 2.75) is 50.4 Å². The Bertz CT molecular complexity index is 480. The summed E-state index contributed by atoms with van der Waals surface area (Å²) in [7, 11) is 0. The summed E-state index contributed by atoms with van der Waals surface area (Å²) in [6.07, 6.45) is 5.61. The highest BCUT2D eigenvalue weighted by Gasteiger charge is 2.50. The van der Waals surface area contributed by atoms with E-state index in [1.165, 1.54) is 0 Å². The molecule has 114 valence electrons. The number of carboxylic acids is 1. The van der Waals surface area contributed by atoms with E-state index in [4.69, 9.17) is 5.11 Å². The number of carbonyl (C=O) groups is 2. The van der Waals surface area contributed by atoms with Crippen LogP contribution in [0.4, 0.5) is 0 Å². The molecule has 1 aliphatic carbocycles. The molecule has 1 aromatic carbocycles. The molecule has 1 fully saturated rings. The van der Waals surface area contributed by atoms with Crippen LogP contribution in [0, 0.1) is 0 Å². The average Bonchev–Trinajstić information content (AvgIpc) is 3.28. The number of unbranched alkanes of at least 4 members (excludes halogenated alkanes) is 3. The number of nitrogens with one attached hydrogen (secondary N) is 1. The van der Waals surface area contributed by atoms with Crippen LogP contribution < -0.4 is 5.32 Å². The highest BCUT2D eigenvalue weighted by molar-refractivity contribution is 5.91. The minimum Gasteiger partial charge on any atom is -0.481 e. The van der Waals surface area contributed by atoms with Gasteiger partial charge >= 0.3 is 5.97 Å². The summed E-state index contributed by atoms with van der Waals surface area (Å²) in [6.45, 7) is 0.681. The van der Waals surface area contributed by atoms with Crippen LogP contribution in [-0.2, 0) is 15.0 Å². The monoisotopic (exact) mass is 289 g/mol. The van der Waals surface area contributed by atoms with Crippen LogP contribution in [0.15, 0.2) is 30.3 Å². The highest BCUT2D eigenvalue weighted by atomic mass is 16.4. The van der Waals surface area contributed by atoms with Gasteiger partial charge in [-0.15, -0.1) is 0 Å². The van der Waals surface area contributed by atoms with E-state index in [-0.39, 0.29) is 17.7 Å². The zero-order valence-electron chi connectivity index (χ0n) is 12.3. The Morgan fingerprint density at radius 2 is 1.71 bits per heavy atom. The molecule has 1 saturated carbocycles. The van der Waals surface area contributed by atoms with Crippen molar-refractivity contribution in [3.63, 3.8) is 0 Å². The Hall–Kier alpha value is -1.84. The number of hydrogen-bond acceptors (Lipinski definition) is 2. The molecule has 0 aromatic heterocycles. The summed E-state index contributed by atoms with van der Waals surface area (Å²) >= 11 is 0. The molecule has 0 heterocycles. The van der Waals surface area contributed by atoms with Gasteiger partial charge in [-0.05, 0) is 31.2 Å². The van der Waals surface area contributed by atoms with Gasteiger partial charge in [0.2, 0.25) is 5.91 Å². The number of carboxylic acid groups (broad SMARTS) is 1. The van der Waals surface area contributed by atoms with Gasteiger partial charge in [-0.1, -0.05) is 43.2 Å². The predicted molar refractivity (Wildman–Crippen MR) is 81.1 cm³/mol. The second-order valence-corrected chi connectivity index (χ2v) is 5.76. The lowest BCUT2D eigenvalue weighted by Crippen LogP contribution is -2.35. The molecule has 2 N–H and O–H groups in total. The topological polar surface area (TPSA) is 66.4 Å². The molecule has 4 nitrogen and oxygen atoms in total. The smallest absolute Gasteiger partial charge is 0.303 e. The molecule has 1 amide bonds. The van der Waals surface area contributed by atoms with Crippen LogP contribution in [0.1, 0.15) is 50.5 Å². The minimum atomic E-state index is -0.734. The van der Waals surface area contributed by atoms with Gasteiger partial charge in [-0.2, -0.15) is 0 Å². The molecule has 1 aliphatic rings. The first-order chi connectivity index (χ1) is 10.1. The number of amides is 1. The maximum absolute atomic E-state index is 12.3. The van der Waals surface area contributed by atoms with Crippen LogP contribution in [0.3, 0.4) is 0 Å². The molecule has 0 atom stereocenters. The van der Waals surface area contributed by atoms with Gasteiger partial charge in [-0.3, -0.25) is 9.59 Å². The third kappa shape index (κ3) is 4.31. The fourth-order valence-corrected chi connectivity index (χ4v) is 2.65. The van der Waals surface area contributed by atoms with Crippen molar-refractivity contribution in [1.29, 1.82) is 0 Å². The van der Waals surface area contributed by atoms with Gasteiger partial charge in [0.15, 0.2) is 0 Å². The Morgan fingerprint density at radius 3 is 2.33 bits per heavy atom. The van der Waals surface area contributed by atoms with Gasteiger partial charge in [0.25, 0.3) is 0 Å². The number of aliphatic carboxylic acids is 1. The molecule has 2 rings (SSSR count). The molecule has 4 heteroatoms. The first kappa shape index (κ1) is 15.5. The van der Waals surface area contributed by atoms with Gasteiger partial charge in [0.05, 0.1) is 5.41 Å². The van der Waals surface area contributed by atoms with Crippen LogP contribution >= 0.6 is 0 Å². The van der Waals surface area contributed by atoms with Crippen molar-refractivity contribution in [3.05, 3.63) is 35.9 Å². The van der Waals surface area contributed by atoms with E-state index < -0.39 is 5.97 Å². The van der Waals surface area contributed by atoms with Gasteiger partial charge in [0.1, 0.15) is 0 Å².